The van der Waals surface area contributed by atoms with Crippen LogP contribution < -0.4 is 0 Å². The van der Waals surface area contributed by atoms with Gasteiger partial charge < -0.3 is 9.67 Å². The topological polar surface area (TPSA) is 55.1 Å². The van der Waals surface area contributed by atoms with Gasteiger partial charge >= 0.3 is 5.97 Å². The summed E-state index contributed by atoms with van der Waals surface area (Å²) in [6, 6.07) is 0. The highest BCUT2D eigenvalue weighted by Crippen LogP contribution is 2.42. The molecule has 0 aliphatic carbocycles. The van der Waals surface area contributed by atoms with Crippen LogP contribution >= 0.6 is 23.5 Å². The minimum absolute atomic E-state index is 0.667. The summed E-state index contributed by atoms with van der Waals surface area (Å²) in [4.78, 5) is 15.4. The van der Waals surface area contributed by atoms with Gasteiger partial charge in [-0.25, -0.2) is 4.98 Å². The van der Waals surface area contributed by atoms with Crippen LogP contribution in [-0.2, 0) is 11.8 Å². The molecule has 15 heavy (non-hydrogen) atoms. The van der Waals surface area contributed by atoms with Crippen LogP contribution in [0.1, 0.15) is 6.42 Å². The second-order valence-corrected chi connectivity index (χ2v) is 5.98. The van der Waals surface area contributed by atoms with E-state index in [2.05, 4.69) is 4.98 Å². The Kier molecular flexibility index (Phi) is 2.97. The molecule has 4 nitrogen and oxygen atoms in total. The van der Waals surface area contributed by atoms with Crippen molar-refractivity contribution in [1.29, 1.82) is 0 Å². The normalized spacial score (nSPS) is 25.7. The van der Waals surface area contributed by atoms with Crippen LogP contribution in [-0.4, -0.2) is 36.9 Å². The van der Waals surface area contributed by atoms with Gasteiger partial charge in [0.25, 0.3) is 0 Å². The van der Waals surface area contributed by atoms with Crippen LogP contribution in [0.25, 0.3) is 0 Å². The van der Waals surface area contributed by atoms with Crippen molar-refractivity contribution in [3.8, 4) is 0 Å². The molecule has 1 aliphatic rings. The summed E-state index contributed by atoms with van der Waals surface area (Å²) in [7, 11) is 1.88. The van der Waals surface area contributed by atoms with E-state index >= 15 is 0 Å². The lowest BCUT2D eigenvalue weighted by Gasteiger charge is -2.21. The van der Waals surface area contributed by atoms with Gasteiger partial charge in [-0.2, -0.15) is 11.8 Å². The minimum Gasteiger partial charge on any atom is -0.480 e. The number of nitrogens with zero attached hydrogens (tertiary/aromatic N) is 2. The first kappa shape index (κ1) is 10.9. The van der Waals surface area contributed by atoms with Crippen molar-refractivity contribution >= 4 is 29.5 Å². The second-order valence-electron chi connectivity index (χ2n) is 3.52. The fourth-order valence-electron chi connectivity index (χ4n) is 1.46. The molecule has 0 aromatic carbocycles. The molecule has 1 N–H and O–H groups in total. The molecule has 0 saturated carbocycles. The number of aryl methyl sites for hydroxylation is 1. The number of hydrogen-bond donors (Lipinski definition) is 1. The van der Waals surface area contributed by atoms with E-state index in [1.807, 2.05) is 17.8 Å². The zero-order valence-electron chi connectivity index (χ0n) is 8.34. The Morgan fingerprint density at radius 1 is 1.80 bits per heavy atom. The van der Waals surface area contributed by atoms with E-state index < -0.39 is 10.7 Å². The standard InChI is InChI=1S/C9H12N2O2S2/c1-11-4-3-10-8(11)15-9(7(12)13)2-5-14-6-9/h3-4H,2,5-6H2,1H3,(H,12,13). The Morgan fingerprint density at radius 3 is 3.07 bits per heavy atom. The second kappa shape index (κ2) is 4.09. The maximum atomic E-state index is 11.3. The van der Waals surface area contributed by atoms with Crippen molar-refractivity contribution in [3.63, 3.8) is 0 Å². The highest BCUT2D eigenvalue weighted by Gasteiger charge is 2.44. The molecule has 6 heteroatoms. The van der Waals surface area contributed by atoms with E-state index in [0.29, 0.717) is 12.2 Å². The molecule has 1 aromatic heterocycles. The average molecular weight is 244 g/mol. The molecule has 0 radical (unpaired) electrons. The molecule has 0 amide bonds. The van der Waals surface area contributed by atoms with Crippen molar-refractivity contribution in [1.82, 2.24) is 9.55 Å². The van der Waals surface area contributed by atoms with E-state index in [4.69, 9.17) is 0 Å². The zero-order chi connectivity index (χ0) is 10.9. The SMILES string of the molecule is Cn1ccnc1SC1(C(=O)O)CCSC1. The maximum Gasteiger partial charge on any atom is 0.321 e. The van der Waals surface area contributed by atoms with Gasteiger partial charge in [0.1, 0.15) is 4.75 Å². The molecule has 1 aromatic rings. The number of aromatic nitrogens is 2. The Morgan fingerprint density at radius 2 is 2.60 bits per heavy atom. The first-order chi connectivity index (χ1) is 7.14. The first-order valence-electron chi connectivity index (χ1n) is 4.61. The van der Waals surface area contributed by atoms with E-state index in [0.717, 1.165) is 10.9 Å². The molecule has 1 unspecified atom stereocenters. The molecule has 1 fully saturated rings. The van der Waals surface area contributed by atoms with E-state index in [1.165, 1.54) is 11.8 Å². The Labute approximate surface area is 96.5 Å². The Bertz CT molecular complexity index is 372. The van der Waals surface area contributed by atoms with Crippen molar-refractivity contribution in [2.75, 3.05) is 11.5 Å². The fraction of sp³-hybridized carbons (Fsp3) is 0.556. The lowest BCUT2D eigenvalue weighted by Crippen LogP contribution is -2.35. The van der Waals surface area contributed by atoms with Gasteiger partial charge in [-0.3, -0.25) is 4.79 Å². The van der Waals surface area contributed by atoms with Crippen LogP contribution in [0.4, 0.5) is 0 Å². The van der Waals surface area contributed by atoms with Gasteiger partial charge in [-0.05, 0) is 12.2 Å². The number of carbonyl (C=O) groups is 1. The molecule has 0 spiro atoms. The lowest BCUT2D eigenvalue weighted by atomic mass is 10.1. The molecule has 82 valence electrons. The van der Waals surface area contributed by atoms with Gasteiger partial charge in [0, 0.05) is 25.2 Å². The summed E-state index contributed by atoms with van der Waals surface area (Å²) in [5.74, 6) is 0.865. The summed E-state index contributed by atoms with van der Waals surface area (Å²) in [5.41, 5.74) is 0. The zero-order valence-corrected chi connectivity index (χ0v) is 9.98. The van der Waals surface area contributed by atoms with Gasteiger partial charge in [-0.1, -0.05) is 11.8 Å². The van der Waals surface area contributed by atoms with Crippen molar-refractivity contribution in [3.05, 3.63) is 12.4 Å². The van der Waals surface area contributed by atoms with Crippen molar-refractivity contribution in [2.24, 2.45) is 7.05 Å². The molecular weight excluding hydrogens is 232 g/mol. The number of carboxylic acids is 1. The highest BCUT2D eigenvalue weighted by molar-refractivity contribution is 8.05. The highest BCUT2D eigenvalue weighted by atomic mass is 32.2. The molecule has 0 bridgehead atoms. The molecule has 1 atom stereocenters. The number of carboxylic acid groups (broad SMARTS) is 1. The molecule has 1 saturated heterocycles. The monoisotopic (exact) mass is 244 g/mol. The van der Waals surface area contributed by atoms with Gasteiger partial charge in [0.2, 0.25) is 0 Å². The number of thioether (sulfide) groups is 2. The van der Waals surface area contributed by atoms with Crippen molar-refractivity contribution in [2.45, 2.75) is 16.3 Å². The summed E-state index contributed by atoms with van der Waals surface area (Å²) < 4.78 is 1.18. The Balaban J connectivity index is 2.21. The lowest BCUT2D eigenvalue weighted by molar-refractivity contribution is -0.139. The minimum atomic E-state index is -0.722. The van der Waals surface area contributed by atoms with E-state index in [1.54, 1.807) is 18.0 Å². The largest absolute Gasteiger partial charge is 0.480 e. The van der Waals surface area contributed by atoms with Gasteiger partial charge in [0.15, 0.2) is 5.16 Å². The number of imidazole rings is 1. The summed E-state index contributed by atoms with van der Waals surface area (Å²) >= 11 is 3.07. The molecule has 1 aliphatic heterocycles. The third-order valence-corrected chi connectivity index (χ3v) is 5.30. The quantitative estimate of drug-likeness (QED) is 0.872. The van der Waals surface area contributed by atoms with E-state index in [9.17, 15) is 9.90 Å². The average Bonchev–Trinajstić information content (AvgIpc) is 2.78. The van der Waals surface area contributed by atoms with Crippen LogP contribution in [0.3, 0.4) is 0 Å². The molecule has 2 heterocycles. The molecular formula is C9H12N2O2S2. The summed E-state index contributed by atoms with van der Waals surface area (Å²) in [6.45, 7) is 0. The number of rotatable bonds is 3. The van der Waals surface area contributed by atoms with E-state index in [-0.39, 0.29) is 0 Å². The predicted octanol–water partition coefficient (Wildman–Crippen LogP) is 1.47. The van der Waals surface area contributed by atoms with Gasteiger partial charge in [0.05, 0.1) is 0 Å². The smallest absolute Gasteiger partial charge is 0.321 e. The van der Waals surface area contributed by atoms with Crippen LogP contribution in [0, 0.1) is 0 Å². The number of hydrogen-bond acceptors (Lipinski definition) is 4. The fourth-order valence-corrected chi connectivity index (χ4v) is 4.27. The van der Waals surface area contributed by atoms with Crippen molar-refractivity contribution < 1.29 is 9.90 Å². The first-order valence-corrected chi connectivity index (χ1v) is 6.59. The maximum absolute atomic E-state index is 11.3. The predicted molar refractivity (Wildman–Crippen MR) is 61.4 cm³/mol. The third-order valence-electron chi connectivity index (χ3n) is 2.44. The summed E-state index contributed by atoms with van der Waals surface area (Å²) in [6.07, 6.45) is 4.24. The van der Waals surface area contributed by atoms with Gasteiger partial charge in [-0.15, -0.1) is 0 Å². The number of aliphatic carboxylic acids is 1. The Hall–Kier alpha value is -0.620. The summed E-state index contributed by atoms with van der Waals surface area (Å²) in [5, 5.41) is 10.1. The molecule has 2 rings (SSSR count). The van der Waals surface area contributed by atoms with Crippen LogP contribution in [0.2, 0.25) is 0 Å². The van der Waals surface area contributed by atoms with Crippen LogP contribution in [0.15, 0.2) is 17.6 Å². The third kappa shape index (κ3) is 2.01. The van der Waals surface area contributed by atoms with Crippen LogP contribution in [0.5, 0.6) is 0 Å².